The minimum Gasteiger partial charge on any atom is -0.142 e. The lowest BCUT2D eigenvalue weighted by atomic mass is 10.2. The second-order valence-electron chi connectivity index (χ2n) is 3.78. The van der Waals surface area contributed by atoms with Crippen LogP contribution >= 0.6 is 34.0 Å². The zero-order valence-corrected chi connectivity index (χ0v) is 12.3. The summed E-state index contributed by atoms with van der Waals surface area (Å²) in [5, 5.41) is 2.11. The van der Waals surface area contributed by atoms with Crippen LogP contribution in [0, 0.1) is 24.7 Å². The lowest BCUT2D eigenvalue weighted by molar-refractivity contribution is 1.85. The number of terminal acetylenes is 2. The van der Waals surface area contributed by atoms with Crippen LogP contribution in [0.2, 0.25) is 0 Å². The monoisotopic (exact) mass is 296 g/mol. The Morgan fingerprint density at radius 2 is 1.42 bits per heavy atom. The summed E-state index contributed by atoms with van der Waals surface area (Å²) in [4.78, 5) is 5.61. The van der Waals surface area contributed by atoms with Crippen molar-refractivity contribution in [2.45, 2.75) is 0 Å². The van der Waals surface area contributed by atoms with Crippen LogP contribution in [0.3, 0.4) is 0 Å². The molecule has 0 N–H and O–H groups in total. The molecule has 3 heterocycles. The van der Waals surface area contributed by atoms with Crippen molar-refractivity contribution in [3.8, 4) is 44.9 Å². The highest BCUT2D eigenvalue weighted by molar-refractivity contribution is 7.22. The molecule has 0 spiro atoms. The van der Waals surface area contributed by atoms with Crippen LogP contribution in [0.4, 0.5) is 0 Å². The third-order valence-corrected chi connectivity index (χ3v) is 5.81. The van der Waals surface area contributed by atoms with Crippen LogP contribution in [-0.4, -0.2) is 0 Å². The molecule has 0 atom stereocenters. The molecule has 0 bridgehead atoms. The van der Waals surface area contributed by atoms with E-state index in [1.807, 2.05) is 12.1 Å². The molecule has 0 unspecified atom stereocenters. The van der Waals surface area contributed by atoms with Gasteiger partial charge >= 0.3 is 0 Å². The number of thiophene rings is 3. The fraction of sp³-hybridized carbons (Fsp3) is 0. The van der Waals surface area contributed by atoms with Gasteiger partial charge in [-0.05, 0) is 35.7 Å². The van der Waals surface area contributed by atoms with Gasteiger partial charge in [0.25, 0.3) is 0 Å². The van der Waals surface area contributed by atoms with Gasteiger partial charge in [-0.1, -0.05) is 11.8 Å². The Balaban J connectivity index is 2.08. The fourth-order valence-electron chi connectivity index (χ4n) is 1.79. The predicted molar refractivity (Wildman–Crippen MR) is 86.8 cm³/mol. The summed E-state index contributed by atoms with van der Waals surface area (Å²) in [6, 6.07) is 10.3. The van der Waals surface area contributed by atoms with E-state index in [1.54, 1.807) is 34.0 Å². The molecule has 0 fully saturated rings. The van der Waals surface area contributed by atoms with Crippen LogP contribution < -0.4 is 0 Å². The van der Waals surface area contributed by atoms with Gasteiger partial charge in [-0.25, -0.2) is 0 Å². The van der Waals surface area contributed by atoms with Crippen LogP contribution in [0.15, 0.2) is 35.7 Å². The average molecular weight is 296 g/mol. The summed E-state index contributed by atoms with van der Waals surface area (Å²) >= 11 is 5.03. The minimum atomic E-state index is 0.961. The number of rotatable bonds is 2. The van der Waals surface area contributed by atoms with E-state index in [4.69, 9.17) is 12.8 Å². The molecule has 0 saturated carbocycles. The maximum atomic E-state index is 5.43. The third-order valence-electron chi connectivity index (χ3n) is 2.65. The fourth-order valence-corrected chi connectivity index (χ4v) is 4.57. The van der Waals surface area contributed by atoms with E-state index in [1.165, 1.54) is 20.2 Å². The molecule has 0 nitrogen and oxygen atoms in total. The van der Waals surface area contributed by atoms with E-state index >= 15 is 0 Å². The molecule has 3 heteroatoms. The van der Waals surface area contributed by atoms with E-state index in [-0.39, 0.29) is 0 Å². The molecule has 3 rings (SSSR count). The number of hydrogen-bond acceptors (Lipinski definition) is 3. The van der Waals surface area contributed by atoms with Crippen molar-refractivity contribution in [2.75, 3.05) is 0 Å². The SMILES string of the molecule is C#Cc1ccc(-c2ccsc2-c2ccc(C#C)s2)s1. The second-order valence-corrected chi connectivity index (χ2v) is 6.86. The summed E-state index contributed by atoms with van der Waals surface area (Å²) in [5.74, 6) is 5.36. The molecular formula is C16H8S3. The normalized spacial score (nSPS) is 10.0. The van der Waals surface area contributed by atoms with Gasteiger partial charge in [0.1, 0.15) is 0 Å². The van der Waals surface area contributed by atoms with Gasteiger partial charge in [0.05, 0.1) is 14.6 Å². The van der Waals surface area contributed by atoms with Gasteiger partial charge in [0.15, 0.2) is 0 Å². The maximum absolute atomic E-state index is 5.43. The highest BCUT2D eigenvalue weighted by Crippen LogP contribution is 2.42. The van der Waals surface area contributed by atoms with Crippen LogP contribution in [0.1, 0.15) is 9.75 Å². The van der Waals surface area contributed by atoms with Crippen molar-refractivity contribution in [1.29, 1.82) is 0 Å². The molecule has 0 amide bonds. The van der Waals surface area contributed by atoms with Crippen molar-refractivity contribution >= 4 is 34.0 Å². The molecule has 0 aliphatic heterocycles. The molecule has 0 aliphatic rings. The molecular weight excluding hydrogens is 288 g/mol. The van der Waals surface area contributed by atoms with Crippen LogP contribution in [0.25, 0.3) is 20.2 Å². The Hall–Kier alpha value is -1.78. The Kier molecular flexibility index (Phi) is 3.27. The van der Waals surface area contributed by atoms with E-state index in [0.717, 1.165) is 9.75 Å². The van der Waals surface area contributed by atoms with E-state index < -0.39 is 0 Å². The first-order valence-corrected chi connectivity index (χ1v) is 8.04. The highest BCUT2D eigenvalue weighted by Gasteiger charge is 2.12. The first-order valence-electron chi connectivity index (χ1n) is 5.53. The minimum absolute atomic E-state index is 0.961. The first kappa shape index (κ1) is 12.3. The van der Waals surface area contributed by atoms with Gasteiger partial charge < -0.3 is 0 Å². The molecule has 0 saturated heterocycles. The third kappa shape index (κ3) is 2.25. The van der Waals surface area contributed by atoms with Crippen molar-refractivity contribution in [2.24, 2.45) is 0 Å². The van der Waals surface area contributed by atoms with Gasteiger partial charge in [-0.2, -0.15) is 0 Å². The van der Waals surface area contributed by atoms with E-state index in [0.29, 0.717) is 0 Å². The van der Waals surface area contributed by atoms with E-state index in [9.17, 15) is 0 Å². The Morgan fingerprint density at radius 1 is 0.789 bits per heavy atom. The Bertz CT molecular complexity index is 733. The van der Waals surface area contributed by atoms with Gasteiger partial charge in [0, 0.05) is 15.3 Å². The zero-order valence-electron chi connectivity index (χ0n) is 9.84. The second kappa shape index (κ2) is 5.07. The maximum Gasteiger partial charge on any atom is 0.0772 e. The summed E-state index contributed by atoms with van der Waals surface area (Å²) in [7, 11) is 0. The van der Waals surface area contributed by atoms with Crippen molar-refractivity contribution < 1.29 is 0 Å². The largest absolute Gasteiger partial charge is 0.142 e. The van der Waals surface area contributed by atoms with Crippen molar-refractivity contribution in [3.63, 3.8) is 0 Å². The highest BCUT2D eigenvalue weighted by atomic mass is 32.1. The van der Waals surface area contributed by atoms with E-state index in [2.05, 4.69) is 35.4 Å². The van der Waals surface area contributed by atoms with Crippen LogP contribution in [0.5, 0.6) is 0 Å². The molecule has 19 heavy (non-hydrogen) atoms. The zero-order chi connectivity index (χ0) is 13.2. The van der Waals surface area contributed by atoms with Crippen molar-refractivity contribution in [3.05, 3.63) is 45.5 Å². The molecule has 0 aromatic carbocycles. The van der Waals surface area contributed by atoms with Gasteiger partial charge in [-0.15, -0.1) is 46.9 Å². The topological polar surface area (TPSA) is 0 Å². The first-order chi connectivity index (χ1) is 9.31. The van der Waals surface area contributed by atoms with Crippen LogP contribution in [-0.2, 0) is 0 Å². The molecule has 0 radical (unpaired) electrons. The predicted octanol–water partition coefficient (Wildman–Crippen LogP) is 5.17. The summed E-state index contributed by atoms with van der Waals surface area (Å²) in [6.45, 7) is 0. The Labute approximate surface area is 124 Å². The lowest BCUT2D eigenvalue weighted by Gasteiger charge is -1.98. The Morgan fingerprint density at radius 3 is 2.05 bits per heavy atom. The molecule has 90 valence electrons. The summed E-state index contributed by atoms with van der Waals surface area (Å²) in [6.07, 6.45) is 10.9. The molecule has 3 aromatic heterocycles. The smallest absolute Gasteiger partial charge is 0.0772 e. The number of hydrogen-bond donors (Lipinski definition) is 0. The van der Waals surface area contributed by atoms with Gasteiger partial charge in [-0.3, -0.25) is 0 Å². The average Bonchev–Trinajstić information content (AvgIpc) is 3.16. The van der Waals surface area contributed by atoms with Crippen molar-refractivity contribution in [1.82, 2.24) is 0 Å². The standard InChI is InChI=1S/C16H8S3/c1-3-11-5-7-14(18-11)13-9-10-17-16(13)15-8-6-12(4-2)19-15/h1-2,5-10H. The quantitative estimate of drug-likeness (QED) is 0.572. The summed E-state index contributed by atoms with van der Waals surface area (Å²) < 4.78 is 0. The lowest BCUT2D eigenvalue weighted by Crippen LogP contribution is -1.69. The summed E-state index contributed by atoms with van der Waals surface area (Å²) in [5.41, 5.74) is 1.24. The molecule has 3 aromatic rings. The molecule has 0 aliphatic carbocycles. The van der Waals surface area contributed by atoms with Gasteiger partial charge in [0.2, 0.25) is 0 Å².